The highest BCUT2D eigenvalue weighted by Gasteiger charge is 2.23. The maximum Gasteiger partial charge on any atom is 0.292 e. The average molecular weight is 307 g/mol. The normalized spacial score (nSPS) is 18.9. The summed E-state index contributed by atoms with van der Waals surface area (Å²) in [5, 5.41) is 14.7. The average Bonchev–Trinajstić information content (AvgIpc) is 2.72. The van der Waals surface area contributed by atoms with Crippen molar-refractivity contribution in [3.8, 4) is 0 Å². The zero-order valence-corrected chi connectivity index (χ0v) is 13.1. The van der Waals surface area contributed by atoms with Crippen LogP contribution in [0.5, 0.6) is 0 Å². The van der Waals surface area contributed by atoms with Crippen LogP contribution in [0.15, 0.2) is 24.3 Å². The zero-order valence-electron chi connectivity index (χ0n) is 12.2. The molecule has 5 nitrogen and oxygen atoms in total. The SMILES string of the molecule is CCC1CCCCCN1C(=S)Nc1ccccc1[N+](=O)[O-]. The Bertz CT molecular complexity index is 521. The maximum absolute atomic E-state index is 11.1. The molecule has 0 spiro atoms. The number of benzene rings is 1. The van der Waals surface area contributed by atoms with Gasteiger partial charge in [0.05, 0.1) is 4.92 Å². The molecule has 1 fully saturated rings. The van der Waals surface area contributed by atoms with E-state index in [0.29, 0.717) is 16.8 Å². The number of hydrogen-bond acceptors (Lipinski definition) is 3. The molecular formula is C15H21N3O2S. The largest absolute Gasteiger partial charge is 0.346 e. The lowest BCUT2D eigenvalue weighted by Crippen LogP contribution is -2.42. The summed E-state index contributed by atoms with van der Waals surface area (Å²) in [6.07, 6.45) is 5.74. The molecule has 114 valence electrons. The molecule has 0 bridgehead atoms. The summed E-state index contributed by atoms with van der Waals surface area (Å²) < 4.78 is 0. The summed E-state index contributed by atoms with van der Waals surface area (Å²) in [6, 6.07) is 7.05. The van der Waals surface area contributed by atoms with E-state index in [4.69, 9.17) is 12.2 Å². The maximum atomic E-state index is 11.1. The summed E-state index contributed by atoms with van der Waals surface area (Å²) >= 11 is 5.50. The van der Waals surface area contributed by atoms with Gasteiger partial charge in [-0.1, -0.05) is 31.9 Å². The minimum atomic E-state index is -0.384. The number of nitrogens with one attached hydrogen (secondary N) is 1. The molecule has 1 unspecified atom stereocenters. The summed E-state index contributed by atoms with van der Waals surface area (Å²) in [7, 11) is 0. The summed E-state index contributed by atoms with van der Waals surface area (Å²) in [4.78, 5) is 12.9. The van der Waals surface area contributed by atoms with Crippen molar-refractivity contribution < 1.29 is 4.92 Å². The Morgan fingerprint density at radius 2 is 2.19 bits per heavy atom. The molecule has 1 aromatic rings. The van der Waals surface area contributed by atoms with Crippen LogP contribution >= 0.6 is 12.2 Å². The van der Waals surface area contributed by atoms with Crippen molar-refractivity contribution in [2.75, 3.05) is 11.9 Å². The minimum Gasteiger partial charge on any atom is -0.346 e. The molecule has 1 atom stereocenters. The lowest BCUT2D eigenvalue weighted by molar-refractivity contribution is -0.383. The van der Waals surface area contributed by atoms with Gasteiger partial charge in [-0.05, 0) is 37.5 Å². The van der Waals surface area contributed by atoms with E-state index in [0.717, 1.165) is 25.8 Å². The third kappa shape index (κ3) is 3.91. The van der Waals surface area contributed by atoms with Crippen LogP contribution in [0.25, 0.3) is 0 Å². The molecule has 21 heavy (non-hydrogen) atoms. The second kappa shape index (κ2) is 7.36. The quantitative estimate of drug-likeness (QED) is 0.520. The number of rotatable bonds is 3. The first kappa shape index (κ1) is 15.7. The Morgan fingerprint density at radius 3 is 2.90 bits per heavy atom. The molecule has 6 heteroatoms. The van der Waals surface area contributed by atoms with Gasteiger partial charge in [0.25, 0.3) is 5.69 Å². The number of thiocarbonyl (C=S) groups is 1. The van der Waals surface area contributed by atoms with E-state index in [-0.39, 0.29) is 10.6 Å². The van der Waals surface area contributed by atoms with Crippen LogP contribution in [0, 0.1) is 10.1 Å². The van der Waals surface area contributed by atoms with Gasteiger partial charge in [0.1, 0.15) is 5.69 Å². The van der Waals surface area contributed by atoms with Crippen LogP contribution in [0.3, 0.4) is 0 Å². The fourth-order valence-electron chi connectivity index (χ4n) is 2.79. The van der Waals surface area contributed by atoms with Gasteiger partial charge in [0, 0.05) is 18.7 Å². The van der Waals surface area contributed by atoms with Gasteiger partial charge in [-0.15, -0.1) is 0 Å². The molecule has 1 aliphatic heterocycles. The first-order valence-corrected chi connectivity index (χ1v) is 7.85. The Morgan fingerprint density at radius 1 is 1.43 bits per heavy atom. The molecule has 1 heterocycles. The number of anilines is 1. The molecule has 0 aromatic heterocycles. The van der Waals surface area contributed by atoms with E-state index in [1.165, 1.54) is 18.9 Å². The van der Waals surface area contributed by atoms with Crippen molar-refractivity contribution in [1.29, 1.82) is 0 Å². The van der Waals surface area contributed by atoms with Gasteiger partial charge < -0.3 is 10.2 Å². The van der Waals surface area contributed by atoms with Crippen LogP contribution in [0.4, 0.5) is 11.4 Å². The lowest BCUT2D eigenvalue weighted by Gasteiger charge is -2.31. The van der Waals surface area contributed by atoms with Crippen molar-refractivity contribution in [2.45, 2.75) is 45.1 Å². The van der Waals surface area contributed by atoms with Crippen molar-refractivity contribution >= 4 is 28.7 Å². The smallest absolute Gasteiger partial charge is 0.292 e. The predicted octanol–water partition coefficient (Wildman–Crippen LogP) is 3.95. The van der Waals surface area contributed by atoms with Crippen LogP contribution in [0.1, 0.15) is 39.0 Å². The van der Waals surface area contributed by atoms with Gasteiger partial charge in [-0.25, -0.2) is 0 Å². The van der Waals surface area contributed by atoms with Gasteiger partial charge in [0.15, 0.2) is 5.11 Å². The number of nitrogens with zero attached hydrogens (tertiary/aromatic N) is 2. The topological polar surface area (TPSA) is 58.4 Å². The van der Waals surface area contributed by atoms with E-state index >= 15 is 0 Å². The van der Waals surface area contributed by atoms with Gasteiger partial charge in [-0.3, -0.25) is 10.1 Å². The first-order valence-electron chi connectivity index (χ1n) is 7.44. The molecule has 2 rings (SSSR count). The zero-order chi connectivity index (χ0) is 15.2. The van der Waals surface area contributed by atoms with E-state index in [2.05, 4.69) is 17.1 Å². The second-order valence-electron chi connectivity index (χ2n) is 5.31. The predicted molar refractivity (Wildman–Crippen MR) is 88.6 cm³/mol. The molecule has 1 aliphatic rings. The van der Waals surface area contributed by atoms with E-state index in [9.17, 15) is 10.1 Å². The molecule has 1 saturated heterocycles. The lowest BCUT2D eigenvalue weighted by atomic mass is 10.1. The Hall–Kier alpha value is -1.69. The van der Waals surface area contributed by atoms with Crippen molar-refractivity contribution in [1.82, 2.24) is 4.90 Å². The van der Waals surface area contributed by atoms with Crippen LogP contribution in [-0.4, -0.2) is 27.5 Å². The molecule has 1 aromatic carbocycles. The van der Waals surface area contributed by atoms with E-state index in [1.807, 2.05) is 0 Å². The van der Waals surface area contributed by atoms with E-state index in [1.54, 1.807) is 18.2 Å². The standard InChI is InChI=1S/C15H21N3O2S/c1-2-12-8-4-3-7-11-17(12)15(21)16-13-9-5-6-10-14(13)18(19)20/h5-6,9-10,12H,2-4,7-8,11H2,1H3,(H,16,21). The fourth-order valence-corrected chi connectivity index (χ4v) is 3.15. The Kier molecular flexibility index (Phi) is 5.50. The Labute approximate surface area is 130 Å². The van der Waals surface area contributed by atoms with Crippen molar-refractivity contribution in [2.24, 2.45) is 0 Å². The highest BCUT2D eigenvalue weighted by Crippen LogP contribution is 2.25. The van der Waals surface area contributed by atoms with Gasteiger partial charge in [0.2, 0.25) is 0 Å². The fraction of sp³-hybridized carbons (Fsp3) is 0.533. The highest BCUT2D eigenvalue weighted by atomic mass is 32.1. The highest BCUT2D eigenvalue weighted by molar-refractivity contribution is 7.80. The number of nitro benzene ring substituents is 1. The number of hydrogen-bond donors (Lipinski definition) is 1. The van der Waals surface area contributed by atoms with Gasteiger partial charge >= 0.3 is 0 Å². The molecule has 1 N–H and O–H groups in total. The van der Waals surface area contributed by atoms with Gasteiger partial charge in [-0.2, -0.15) is 0 Å². The van der Waals surface area contributed by atoms with E-state index < -0.39 is 0 Å². The summed E-state index contributed by atoms with van der Waals surface area (Å²) in [5.74, 6) is 0. The monoisotopic (exact) mass is 307 g/mol. The third-order valence-electron chi connectivity index (χ3n) is 3.95. The van der Waals surface area contributed by atoms with Crippen LogP contribution in [0.2, 0.25) is 0 Å². The molecule has 0 aliphatic carbocycles. The molecule has 0 saturated carbocycles. The minimum absolute atomic E-state index is 0.0581. The molecular weight excluding hydrogens is 286 g/mol. The number of nitro groups is 1. The van der Waals surface area contributed by atoms with Crippen molar-refractivity contribution in [3.05, 3.63) is 34.4 Å². The number of likely N-dealkylation sites (tertiary alicyclic amines) is 1. The van der Waals surface area contributed by atoms with Crippen molar-refractivity contribution in [3.63, 3.8) is 0 Å². The van der Waals surface area contributed by atoms with Crippen LogP contribution in [-0.2, 0) is 0 Å². The molecule has 0 radical (unpaired) electrons. The number of para-hydroxylation sites is 2. The summed E-state index contributed by atoms with van der Waals surface area (Å²) in [5.41, 5.74) is 0.523. The third-order valence-corrected chi connectivity index (χ3v) is 4.29. The molecule has 0 amide bonds. The first-order chi connectivity index (χ1) is 10.1. The summed E-state index contributed by atoms with van der Waals surface area (Å²) in [6.45, 7) is 3.08. The van der Waals surface area contributed by atoms with Crippen LogP contribution < -0.4 is 5.32 Å². The Balaban J connectivity index is 2.14. The second-order valence-corrected chi connectivity index (χ2v) is 5.70.